The highest BCUT2D eigenvalue weighted by molar-refractivity contribution is 5.82. The van der Waals surface area contributed by atoms with Gasteiger partial charge in [0.25, 0.3) is 0 Å². The Morgan fingerprint density at radius 2 is 1.54 bits per heavy atom. The molecule has 1 aromatic rings. The minimum Gasteiger partial charge on any atom is -0.381 e. The fourth-order valence-corrected chi connectivity index (χ4v) is 3.92. The Bertz CT molecular complexity index is 513. The first kappa shape index (κ1) is 24.6. The van der Waals surface area contributed by atoms with Gasteiger partial charge in [0.2, 0.25) is 0 Å². The van der Waals surface area contributed by atoms with Crippen molar-refractivity contribution in [1.29, 1.82) is 0 Å². The van der Waals surface area contributed by atoms with Crippen molar-refractivity contribution in [3.63, 3.8) is 0 Å². The van der Waals surface area contributed by atoms with E-state index in [0.717, 1.165) is 31.2 Å². The molecule has 0 bridgehead atoms. The number of hydrogen-bond donors (Lipinski definition) is 0. The monoisotopic (exact) mass is 392 g/mol. The molecule has 4 heteroatoms. The molecule has 1 rings (SSSR count). The molecule has 0 aliphatic rings. The van der Waals surface area contributed by atoms with E-state index in [4.69, 9.17) is 14.5 Å². The van der Waals surface area contributed by atoms with E-state index in [9.17, 15) is 4.79 Å². The summed E-state index contributed by atoms with van der Waals surface area (Å²) in [5.74, 6) is -0.320. The van der Waals surface area contributed by atoms with E-state index in [2.05, 4.69) is 13.8 Å². The molecule has 0 aliphatic carbocycles. The molecule has 0 N–H and O–H groups in total. The molecule has 1 aromatic carbocycles. The van der Waals surface area contributed by atoms with Gasteiger partial charge in [-0.15, -0.1) is 0 Å². The van der Waals surface area contributed by atoms with Crippen LogP contribution in [0.25, 0.3) is 0 Å². The predicted octanol–water partition coefficient (Wildman–Crippen LogP) is 6.37. The molecular weight excluding hydrogens is 352 g/mol. The number of hydrogen-bond acceptors (Lipinski definition) is 4. The molecule has 2 atom stereocenters. The van der Waals surface area contributed by atoms with Crippen molar-refractivity contribution in [3.05, 3.63) is 35.9 Å². The zero-order valence-corrected chi connectivity index (χ0v) is 18.4. The molecule has 28 heavy (non-hydrogen) atoms. The van der Waals surface area contributed by atoms with E-state index in [1.807, 2.05) is 30.3 Å². The van der Waals surface area contributed by atoms with Crippen LogP contribution < -0.4 is 0 Å². The van der Waals surface area contributed by atoms with Crippen LogP contribution >= 0.6 is 0 Å². The van der Waals surface area contributed by atoms with Crippen molar-refractivity contribution in [3.8, 4) is 0 Å². The van der Waals surface area contributed by atoms with Crippen molar-refractivity contribution in [2.45, 2.75) is 96.0 Å². The van der Waals surface area contributed by atoms with E-state index in [1.54, 1.807) is 7.11 Å². The van der Waals surface area contributed by atoms with Crippen molar-refractivity contribution in [2.24, 2.45) is 0 Å². The highest BCUT2D eigenvalue weighted by Crippen LogP contribution is 2.38. The molecule has 2 unspecified atom stereocenters. The summed E-state index contributed by atoms with van der Waals surface area (Å²) in [5, 5.41) is 0. The molecule has 160 valence electrons. The molecular formula is C24H40O4. The van der Waals surface area contributed by atoms with Gasteiger partial charge < -0.3 is 4.74 Å². The Kier molecular flexibility index (Phi) is 12.8. The second-order valence-corrected chi connectivity index (χ2v) is 7.68. The average molecular weight is 393 g/mol. The van der Waals surface area contributed by atoms with Gasteiger partial charge in [0.1, 0.15) is 0 Å². The number of benzene rings is 1. The van der Waals surface area contributed by atoms with Crippen molar-refractivity contribution in [2.75, 3.05) is 14.2 Å². The van der Waals surface area contributed by atoms with Crippen molar-refractivity contribution >= 4 is 5.97 Å². The highest BCUT2D eigenvalue weighted by Gasteiger charge is 2.43. The van der Waals surface area contributed by atoms with E-state index < -0.39 is 5.41 Å². The summed E-state index contributed by atoms with van der Waals surface area (Å²) in [6.45, 7) is 4.33. The van der Waals surface area contributed by atoms with E-state index >= 15 is 0 Å². The maximum atomic E-state index is 13.1. The van der Waals surface area contributed by atoms with Gasteiger partial charge in [-0.2, -0.15) is 4.89 Å². The molecule has 0 fully saturated rings. The van der Waals surface area contributed by atoms with Crippen LogP contribution in [0.4, 0.5) is 0 Å². The van der Waals surface area contributed by atoms with Crippen molar-refractivity contribution < 1.29 is 19.3 Å². The third-order valence-electron chi connectivity index (χ3n) is 5.70. The molecule has 0 saturated heterocycles. The smallest absolute Gasteiger partial charge is 0.352 e. The molecule has 0 aromatic heterocycles. The van der Waals surface area contributed by atoms with Gasteiger partial charge in [0.15, 0.2) is 0 Å². The fraction of sp³-hybridized carbons (Fsp3) is 0.708. The van der Waals surface area contributed by atoms with Crippen LogP contribution in [-0.2, 0) is 24.7 Å². The Balaban J connectivity index is 2.87. The first-order valence-electron chi connectivity index (χ1n) is 11.0. The van der Waals surface area contributed by atoms with E-state index in [-0.39, 0.29) is 12.1 Å². The summed E-state index contributed by atoms with van der Waals surface area (Å²) in [7, 11) is 3.10. The quantitative estimate of drug-likeness (QED) is 0.186. The molecule has 0 heterocycles. The molecule has 0 spiro atoms. The molecule has 0 radical (unpaired) electrons. The van der Waals surface area contributed by atoms with Crippen LogP contribution in [0.5, 0.6) is 0 Å². The topological polar surface area (TPSA) is 44.8 Å². The number of carbonyl (C=O) groups is 1. The summed E-state index contributed by atoms with van der Waals surface area (Å²) in [4.78, 5) is 22.9. The Labute approximate surface area is 171 Å². The lowest BCUT2D eigenvalue weighted by Crippen LogP contribution is -2.41. The van der Waals surface area contributed by atoms with E-state index in [0.29, 0.717) is 6.42 Å². The summed E-state index contributed by atoms with van der Waals surface area (Å²) in [6.07, 6.45) is 12.0. The zero-order chi connectivity index (χ0) is 20.7. The lowest BCUT2D eigenvalue weighted by Gasteiger charge is -2.34. The molecule has 0 aliphatic heterocycles. The third-order valence-corrected chi connectivity index (χ3v) is 5.70. The minimum atomic E-state index is -0.740. The maximum Gasteiger partial charge on any atom is 0.352 e. The lowest BCUT2D eigenvalue weighted by atomic mass is 9.72. The Morgan fingerprint density at radius 1 is 0.929 bits per heavy atom. The predicted molar refractivity (Wildman–Crippen MR) is 114 cm³/mol. The van der Waals surface area contributed by atoms with E-state index in [1.165, 1.54) is 45.6 Å². The van der Waals surface area contributed by atoms with Crippen LogP contribution in [0.15, 0.2) is 30.3 Å². The number of rotatable bonds is 16. The van der Waals surface area contributed by atoms with Crippen LogP contribution in [-0.4, -0.2) is 26.3 Å². The van der Waals surface area contributed by atoms with Crippen LogP contribution in [0.2, 0.25) is 0 Å². The zero-order valence-electron chi connectivity index (χ0n) is 18.4. The largest absolute Gasteiger partial charge is 0.381 e. The third kappa shape index (κ3) is 7.92. The second kappa shape index (κ2) is 14.6. The normalized spacial score (nSPS) is 14.4. The van der Waals surface area contributed by atoms with Gasteiger partial charge in [-0.05, 0) is 24.8 Å². The second-order valence-electron chi connectivity index (χ2n) is 7.68. The van der Waals surface area contributed by atoms with Crippen LogP contribution in [0.3, 0.4) is 0 Å². The minimum absolute atomic E-state index is 0.00124. The summed E-state index contributed by atoms with van der Waals surface area (Å²) in [5.41, 5.74) is 0.242. The highest BCUT2D eigenvalue weighted by atomic mass is 17.2. The van der Waals surface area contributed by atoms with Gasteiger partial charge in [0, 0.05) is 7.11 Å². The average Bonchev–Trinajstić information content (AvgIpc) is 2.73. The van der Waals surface area contributed by atoms with Crippen molar-refractivity contribution in [1.82, 2.24) is 0 Å². The number of ether oxygens (including phenoxy) is 1. The molecule has 0 saturated carbocycles. The number of unbranched alkanes of at least 4 members (excludes halogenated alkanes) is 7. The molecule has 0 amide bonds. The Hall–Kier alpha value is -1.39. The summed E-state index contributed by atoms with van der Waals surface area (Å²) in [6, 6.07) is 9.96. The summed E-state index contributed by atoms with van der Waals surface area (Å²) >= 11 is 0. The van der Waals surface area contributed by atoms with Gasteiger partial charge >= 0.3 is 5.97 Å². The first-order chi connectivity index (χ1) is 13.6. The SMILES string of the molecule is CCCCCCCCCCC(CC(CC)OC)(C(=O)OOC)c1ccccc1. The van der Waals surface area contributed by atoms with Gasteiger partial charge in [0.05, 0.1) is 18.6 Å². The molecule has 4 nitrogen and oxygen atoms in total. The fourth-order valence-electron chi connectivity index (χ4n) is 3.92. The van der Waals surface area contributed by atoms with Gasteiger partial charge in [-0.3, -0.25) is 4.89 Å². The first-order valence-corrected chi connectivity index (χ1v) is 11.0. The Morgan fingerprint density at radius 3 is 2.07 bits per heavy atom. The van der Waals surface area contributed by atoms with Gasteiger partial charge in [-0.1, -0.05) is 95.5 Å². The number of carbonyl (C=O) groups excluding carboxylic acids is 1. The maximum absolute atomic E-state index is 13.1. The standard InChI is InChI=1S/C24H40O4/c1-5-7-8-9-10-11-12-16-19-24(23(25)28-27-4,20-22(6-2)26-3)21-17-14-13-15-18-21/h13-15,17-18,22H,5-12,16,19-20H2,1-4H3. The number of methoxy groups -OCH3 is 1. The van der Waals surface area contributed by atoms with Crippen LogP contribution in [0.1, 0.15) is 90.0 Å². The summed E-state index contributed by atoms with van der Waals surface area (Å²) < 4.78 is 5.64. The van der Waals surface area contributed by atoms with Gasteiger partial charge in [-0.25, -0.2) is 4.79 Å². The lowest BCUT2D eigenvalue weighted by molar-refractivity contribution is -0.262. The van der Waals surface area contributed by atoms with Crippen LogP contribution in [0, 0.1) is 0 Å².